The van der Waals surface area contributed by atoms with Gasteiger partial charge in [0.1, 0.15) is 0 Å². The predicted molar refractivity (Wildman–Crippen MR) is 91.0 cm³/mol. The number of ether oxygens (including phenoxy) is 1. The maximum Gasteiger partial charge on any atom is 0.331 e. The highest BCUT2D eigenvalue weighted by Crippen LogP contribution is 2.22. The van der Waals surface area contributed by atoms with Crippen molar-refractivity contribution in [3.63, 3.8) is 0 Å². The van der Waals surface area contributed by atoms with Crippen LogP contribution >= 0.6 is 0 Å². The summed E-state index contributed by atoms with van der Waals surface area (Å²) in [5, 5.41) is 2.63. The van der Waals surface area contributed by atoms with Crippen LogP contribution in [0.15, 0.2) is 30.3 Å². The second kappa shape index (κ2) is 7.17. The van der Waals surface area contributed by atoms with Crippen LogP contribution < -0.4 is 5.32 Å². The number of nitrogens with one attached hydrogen (secondary N) is 1. The normalized spacial score (nSPS) is 22.4. The number of esters is 1. The number of rotatable bonds is 5. The minimum Gasteiger partial charge on any atom is -0.452 e. The average Bonchev–Trinajstić information content (AvgIpc) is 2.76. The van der Waals surface area contributed by atoms with E-state index in [-0.39, 0.29) is 11.5 Å². The van der Waals surface area contributed by atoms with Crippen molar-refractivity contribution in [3.05, 3.63) is 41.5 Å². The SMILES string of the molecule is Cc1cccc(/C=C/C(=O)OCC(=O)N[C@]2(C)CCS(=O)(=O)C2)c1. The number of hydrogen-bond donors (Lipinski definition) is 1. The molecule has 0 aromatic heterocycles. The lowest BCUT2D eigenvalue weighted by Gasteiger charge is -2.23. The van der Waals surface area contributed by atoms with Gasteiger partial charge in [-0.3, -0.25) is 4.79 Å². The summed E-state index contributed by atoms with van der Waals surface area (Å²) >= 11 is 0. The van der Waals surface area contributed by atoms with Gasteiger partial charge in [0.2, 0.25) is 0 Å². The van der Waals surface area contributed by atoms with Crippen LogP contribution in [0.2, 0.25) is 0 Å². The van der Waals surface area contributed by atoms with E-state index in [2.05, 4.69) is 5.32 Å². The Bertz CT molecular complexity index is 769. The first-order chi connectivity index (χ1) is 11.2. The van der Waals surface area contributed by atoms with Gasteiger partial charge in [0.25, 0.3) is 5.91 Å². The highest BCUT2D eigenvalue weighted by atomic mass is 32.2. The summed E-state index contributed by atoms with van der Waals surface area (Å²) in [5.41, 5.74) is 1.14. The molecule has 0 radical (unpaired) electrons. The van der Waals surface area contributed by atoms with Gasteiger partial charge in [-0.1, -0.05) is 29.8 Å². The third-order valence-electron chi connectivity index (χ3n) is 3.74. The van der Waals surface area contributed by atoms with Gasteiger partial charge in [-0.05, 0) is 31.9 Å². The van der Waals surface area contributed by atoms with Gasteiger partial charge in [-0.15, -0.1) is 0 Å². The molecule has 0 spiro atoms. The monoisotopic (exact) mass is 351 g/mol. The van der Waals surface area contributed by atoms with E-state index in [9.17, 15) is 18.0 Å². The zero-order valence-electron chi connectivity index (χ0n) is 13.7. The van der Waals surface area contributed by atoms with E-state index in [0.29, 0.717) is 6.42 Å². The van der Waals surface area contributed by atoms with Crippen LogP contribution in [0.4, 0.5) is 0 Å². The molecule has 1 N–H and O–H groups in total. The molecular weight excluding hydrogens is 330 g/mol. The first-order valence-corrected chi connectivity index (χ1v) is 9.43. The van der Waals surface area contributed by atoms with Crippen LogP contribution in [0.3, 0.4) is 0 Å². The van der Waals surface area contributed by atoms with Crippen molar-refractivity contribution in [3.8, 4) is 0 Å². The van der Waals surface area contributed by atoms with Crippen molar-refractivity contribution in [1.29, 1.82) is 0 Å². The molecule has 1 saturated heterocycles. The molecule has 0 saturated carbocycles. The Morgan fingerprint density at radius 2 is 2.12 bits per heavy atom. The number of carbonyl (C=O) groups excluding carboxylic acids is 2. The summed E-state index contributed by atoms with van der Waals surface area (Å²) in [6.45, 7) is 3.19. The summed E-state index contributed by atoms with van der Waals surface area (Å²) in [4.78, 5) is 23.5. The smallest absolute Gasteiger partial charge is 0.331 e. The molecule has 24 heavy (non-hydrogen) atoms. The molecule has 1 atom stereocenters. The summed E-state index contributed by atoms with van der Waals surface area (Å²) in [7, 11) is -3.11. The largest absolute Gasteiger partial charge is 0.452 e. The zero-order valence-corrected chi connectivity index (χ0v) is 14.6. The van der Waals surface area contributed by atoms with E-state index in [1.54, 1.807) is 13.0 Å². The van der Waals surface area contributed by atoms with Crippen LogP contribution in [0.5, 0.6) is 0 Å². The first-order valence-electron chi connectivity index (χ1n) is 7.60. The first kappa shape index (κ1) is 18.2. The maximum atomic E-state index is 11.8. The van der Waals surface area contributed by atoms with E-state index >= 15 is 0 Å². The van der Waals surface area contributed by atoms with E-state index in [4.69, 9.17) is 4.74 Å². The van der Waals surface area contributed by atoms with Gasteiger partial charge in [0.05, 0.1) is 17.0 Å². The lowest BCUT2D eigenvalue weighted by molar-refractivity contribution is -0.144. The third-order valence-corrected chi connectivity index (χ3v) is 5.65. The number of aryl methyl sites for hydroxylation is 1. The quantitative estimate of drug-likeness (QED) is 0.637. The second-order valence-electron chi connectivity index (χ2n) is 6.31. The highest BCUT2D eigenvalue weighted by molar-refractivity contribution is 7.91. The molecule has 0 unspecified atom stereocenters. The standard InChI is InChI=1S/C17H21NO5S/c1-13-4-3-5-14(10-13)6-7-16(20)23-11-15(19)18-17(2)8-9-24(21,22)12-17/h3-7,10H,8-9,11-12H2,1-2H3,(H,18,19)/b7-6+/t17-/m1/s1. The maximum absolute atomic E-state index is 11.8. The van der Waals surface area contributed by atoms with Gasteiger partial charge in [0, 0.05) is 6.08 Å². The second-order valence-corrected chi connectivity index (χ2v) is 8.49. The van der Waals surface area contributed by atoms with Crippen LogP contribution in [-0.4, -0.2) is 43.9 Å². The van der Waals surface area contributed by atoms with Crippen molar-refractivity contribution in [1.82, 2.24) is 5.32 Å². The van der Waals surface area contributed by atoms with Crippen molar-refractivity contribution in [2.75, 3.05) is 18.1 Å². The van der Waals surface area contributed by atoms with E-state index < -0.39 is 33.9 Å². The molecule has 0 bridgehead atoms. The molecule has 1 fully saturated rings. The minimum absolute atomic E-state index is 0.0583. The van der Waals surface area contributed by atoms with Crippen molar-refractivity contribution in [2.45, 2.75) is 25.8 Å². The lowest BCUT2D eigenvalue weighted by Crippen LogP contribution is -2.48. The fourth-order valence-corrected chi connectivity index (χ4v) is 4.70. The van der Waals surface area contributed by atoms with Crippen molar-refractivity contribution in [2.24, 2.45) is 0 Å². The van der Waals surface area contributed by atoms with Crippen LogP contribution in [0.1, 0.15) is 24.5 Å². The Kier molecular flexibility index (Phi) is 5.43. The third kappa shape index (κ3) is 5.49. The molecule has 1 aromatic rings. The van der Waals surface area contributed by atoms with Crippen LogP contribution in [0, 0.1) is 6.92 Å². The predicted octanol–water partition coefficient (Wildman–Crippen LogP) is 1.24. The fourth-order valence-electron chi connectivity index (χ4n) is 2.60. The van der Waals surface area contributed by atoms with E-state index in [1.165, 1.54) is 6.08 Å². The average molecular weight is 351 g/mol. The Balaban J connectivity index is 1.80. The Hall–Kier alpha value is -2.15. The fraction of sp³-hybridized carbons (Fsp3) is 0.412. The molecule has 2 rings (SSSR count). The molecule has 0 aliphatic carbocycles. The summed E-state index contributed by atoms with van der Waals surface area (Å²) in [5.74, 6) is -1.17. The van der Waals surface area contributed by atoms with Crippen molar-refractivity contribution >= 4 is 27.8 Å². The number of amides is 1. The van der Waals surface area contributed by atoms with Crippen LogP contribution in [0.25, 0.3) is 6.08 Å². The highest BCUT2D eigenvalue weighted by Gasteiger charge is 2.39. The minimum atomic E-state index is -3.11. The molecular formula is C17H21NO5S. The molecule has 1 aliphatic heterocycles. The molecule has 1 aromatic carbocycles. The number of carbonyl (C=O) groups is 2. The Morgan fingerprint density at radius 3 is 2.75 bits per heavy atom. The molecule has 7 heteroatoms. The van der Waals surface area contributed by atoms with Gasteiger partial charge in [-0.25, -0.2) is 13.2 Å². The van der Waals surface area contributed by atoms with Gasteiger partial charge in [-0.2, -0.15) is 0 Å². The topological polar surface area (TPSA) is 89.5 Å². The van der Waals surface area contributed by atoms with Crippen LogP contribution in [-0.2, 0) is 24.2 Å². The Labute approximate surface area is 141 Å². The lowest BCUT2D eigenvalue weighted by atomic mass is 10.0. The molecule has 1 amide bonds. The zero-order chi connectivity index (χ0) is 17.8. The summed E-state index contributed by atoms with van der Waals surface area (Å²) in [6.07, 6.45) is 3.23. The number of hydrogen-bond acceptors (Lipinski definition) is 5. The van der Waals surface area contributed by atoms with Gasteiger partial charge < -0.3 is 10.1 Å². The van der Waals surface area contributed by atoms with Gasteiger partial charge in [0.15, 0.2) is 16.4 Å². The molecule has 130 valence electrons. The molecule has 6 nitrogen and oxygen atoms in total. The molecule has 1 heterocycles. The Morgan fingerprint density at radius 1 is 1.38 bits per heavy atom. The van der Waals surface area contributed by atoms with Crippen molar-refractivity contribution < 1.29 is 22.7 Å². The summed E-state index contributed by atoms with van der Waals surface area (Å²) < 4.78 is 27.9. The van der Waals surface area contributed by atoms with E-state index in [1.807, 2.05) is 31.2 Å². The van der Waals surface area contributed by atoms with E-state index in [0.717, 1.165) is 11.1 Å². The van der Waals surface area contributed by atoms with Gasteiger partial charge >= 0.3 is 5.97 Å². The number of benzene rings is 1. The number of sulfone groups is 1. The summed E-state index contributed by atoms with van der Waals surface area (Å²) in [6, 6.07) is 7.59. The molecule has 1 aliphatic rings.